The van der Waals surface area contributed by atoms with Crippen LogP contribution in [0.5, 0.6) is 0 Å². The first-order valence-electron chi connectivity index (χ1n) is 6.57. The first-order chi connectivity index (χ1) is 9.54. The van der Waals surface area contributed by atoms with Crippen LogP contribution in [0.4, 0.5) is 4.79 Å². The van der Waals surface area contributed by atoms with E-state index in [2.05, 4.69) is 0 Å². The molecule has 0 radical (unpaired) electrons. The molecule has 1 aromatic carbocycles. The van der Waals surface area contributed by atoms with Crippen LogP contribution in [0.2, 0.25) is 0 Å². The second-order valence-electron chi connectivity index (χ2n) is 4.84. The van der Waals surface area contributed by atoms with Crippen molar-refractivity contribution in [2.45, 2.75) is 13.5 Å². The lowest BCUT2D eigenvalue weighted by Crippen LogP contribution is -3.09. The normalized spacial score (nSPS) is 17.0. The zero-order chi connectivity index (χ0) is 14.7. The van der Waals surface area contributed by atoms with Gasteiger partial charge in [0.05, 0.1) is 7.05 Å². The average Bonchev–Trinajstić information content (AvgIpc) is 2.64. The summed E-state index contributed by atoms with van der Waals surface area (Å²) in [4.78, 5) is 38.3. The molecule has 1 aromatic rings. The van der Waals surface area contributed by atoms with Gasteiger partial charge in [0.2, 0.25) is 0 Å². The molecule has 6 heteroatoms. The highest BCUT2D eigenvalue weighted by molar-refractivity contribution is 6.44. The van der Waals surface area contributed by atoms with E-state index in [4.69, 9.17) is 0 Å². The third kappa shape index (κ3) is 2.70. The van der Waals surface area contributed by atoms with E-state index in [1.807, 2.05) is 37.4 Å². The molecule has 1 heterocycles. The Morgan fingerprint density at radius 2 is 1.60 bits per heavy atom. The third-order valence-corrected chi connectivity index (χ3v) is 3.23. The number of benzene rings is 1. The van der Waals surface area contributed by atoms with Crippen molar-refractivity contribution >= 4 is 17.8 Å². The van der Waals surface area contributed by atoms with Crippen LogP contribution >= 0.6 is 0 Å². The van der Waals surface area contributed by atoms with E-state index < -0.39 is 17.8 Å². The molecule has 0 saturated carbocycles. The number of imide groups is 2. The summed E-state index contributed by atoms with van der Waals surface area (Å²) < 4.78 is 0. The molecule has 1 aliphatic rings. The molecular weight excluding hydrogens is 258 g/mol. The summed E-state index contributed by atoms with van der Waals surface area (Å²) in [5.74, 6) is -1.46. The van der Waals surface area contributed by atoms with E-state index in [1.165, 1.54) is 0 Å². The van der Waals surface area contributed by atoms with E-state index in [0.717, 1.165) is 20.3 Å². The van der Waals surface area contributed by atoms with Crippen molar-refractivity contribution in [2.75, 3.05) is 20.3 Å². The minimum Gasteiger partial charge on any atom is -0.316 e. The molecule has 1 atom stereocenters. The maximum atomic E-state index is 11.9. The van der Waals surface area contributed by atoms with Crippen LogP contribution in [0.3, 0.4) is 0 Å². The van der Waals surface area contributed by atoms with Crippen LogP contribution < -0.4 is 4.90 Å². The van der Waals surface area contributed by atoms with Gasteiger partial charge >= 0.3 is 17.8 Å². The molecule has 2 rings (SSSR count). The van der Waals surface area contributed by atoms with E-state index in [1.54, 1.807) is 6.92 Å². The highest BCUT2D eigenvalue weighted by Gasteiger charge is 2.44. The van der Waals surface area contributed by atoms with Gasteiger partial charge in [-0.15, -0.1) is 0 Å². The van der Waals surface area contributed by atoms with Crippen molar-refractivity contribution in [3.05, 3.63) is 35.9 Å². The van der Waals surface area contributed by atoms with Crippen molar-refractivity contribution in [3.8, 4) is 0 Å². The van der Waals surface area contributed by atoms with Gasteiger partial charge in [0.1, 0.15) is 6.54 Å². The quantitative estimate of drug-likeness (QED) is 0.581. The van der Waals surface area contributed by atoms with Crippen LogP contribution in [0.15, 0.2) is 30.3 Å². The van der Waals surface area contributed by atoms with Crippen molar-refractivity contribution in [2.24, 2.45) is 0 Å². The monoisotopic (exact) mass is 276 g/mol. The molecule has 1 N–H and O–H groups in total. The number of carbonyl (C=O) groups is 3. The van der Waals surface area contributed by atoms with Gasteiger partial charge in [0.25, 0.3) is 0 Å². The molecule has 1 aliphatic heterocycles. The highest BCUT2D eigenvalue weighted by atomic mass is 16.2. The molecule has 106 valence electrons. The van der Waals surface area contributed by atoms with Crippen LogP contribution in [0, 0.1) is 0 Å². The smallest absolute Gasteiger partial charge is 0.316 e. The standard InChI is InChI=1S/C14H17N3O3/c1-3-16-12(18)13(19)17(14(16)20)10-15(2)9-11-7-5-4-6-8-11/h4-8H,3,9-10H2,1-2H3/p+1. The molecular formula is C14H18N3O3+. The lowest BCUT2D eigenvalue weighted by atomic mass is 10.2. The molecule has 0 bridgehead atoms. The van der Waals surface area contributed by atoms with Gasteiger partial charge in [-0.3, -0.25) is 14.5 Å². The minimum atomic E-state index is -0.732. The van der Waals surface area contributed by atoms with Gasteiger partial charge in [-0.2, -0.15) is 0 Å². The summed E-state index contributed by atoms with van der Waals surface area (Å²) >= 11 is 0. The number of carbonyl (C=O) groups excluding carboxylic acids is 3. The molecule has 4 amide bonds. The van der Waals surface area contributed by atoms with Crippen LogP contribution in [0.25, 0.3) is 0 Å². The topological polar surface area (TPSA) is 62.1 Å². The van der Waals surface area contributed by atoms with Crippen molar-refractivity contribution in [1.29, 1.82) is 0 Å². The van der Waals surface area contributed by atoms with Crippen LogP contribution in [0.1, 0.15) is 12.5 Å². The molecule has 1 unspecified atom stereocenters. The van der Waals surface area contributed by atoms with E-state index >= 15 is 0 Å². The summed E-state index contributed by atoms with van der Waals surface area (Å²) in [7, 11) is 1.88. The summed E-state index contributed by atoms with van der Waals surface area (Å²) in [5.41, 5.74) is 1.11. The number of hydrogen-bond acceptors (Lipinski definition) is 3. The fraction of sp³-hybridized carbons (Fsp3) is 0.357. The van der Waals surface area contributed by atoms with E-state index in [9.17, 15) is 14.4 Å². The first kappa shape index (κ1) is 14.2. The second kappa shape index (κ2) is 5.83. The van der Waals surface area contributed by atoms with Crippen LogP contribution in [-0.2, 0) is 16.1 Å². The van der Waals surface area contributed by atoms with Gasteiger partial charge in [-0.1, -0.05) is 30.3 Å². The Morgan fingerprint density at radius 3 is 2.15 bits per heavy atom. The number of rotatable bonds is 5. The molecule has 0 spiro atoms. The van der Waals surface area contributed by atoms with Crippen molar-refractivity contribution < 1.29 is 19.3 Å². The Hall–Kier alpha value is -2.21. The maximum Gasteiger partial charge on any atom is 0.338 e. The summed E-state index contributed by atoms with van der Waals surface area (Å²) in [6.45, 7) is 2.76. The Kier molecular flexibility index (Phi) is 4.14. The summed E-state index contributed by atoms with van der Waals surface area (Å²) in [5, 5.41) is 0. The Balaban J connectivity index is 2.01. The van der Waals surface area contributed by atoms with E-state index in [-0.39, 0.29) is 13.2 Å². The van der Waals surface area contributed by atoms with Crippen LogP contribution in [-0.4, -0.2) is 47.9 Å². The number of quaternary nitrogens is 1. The number of nitrogens with zero attached hydrogens (tertiary/aromatic N) is 2. The largest absolute Gasteiger partial charge is 0.338 e. The maximum absolute atomic E-state index is 11.9. The number of hydrogen-bond donors (Lipinski definition) is 1. The van der Waals surface area contributed by atoms with Gasteiger partial charge in [-0.05, 0) is 6.92 Å². The van der Waals surface area contributed by atoms with Crippen molar-refractivity contribution in [3.63, 3.8) is 0 Å². The second-order valence-corrected chi connectivity index (χ2v) is 4.84. The Bertz CT molecular complexity index is 530. The third-order valence-electron chi connectivity index (χ3n) is 3.23. The van der Waals surface area contributed by atoms with Gasteiger partial charge in [0, 0.05) is 12.1 Å². The lowest BCUT2D eigenvalue weighted by Gasteiger charge is -2.19. The minimum absolute atomic E-state index is 0.189. The Morgan fingerprint density at radius 1 is 1.00 bits per heavy atom. The molecule has 1 saturated heterocycles. The molecule has 1 fully saturated rings. The zero-order valence-corrected chi connectivity index (χ0v) is 11.6. The van der Waals surface area contributed by atoms with Gasteiger partial charge < -0.3 is 4.90 Å². The predicted molar refractivity (Wildman–Crippen MR) is 71.5 cm³/mol. The number of amides is 4. The fourth-order valence-corrected chi connectivity index (χ4v) is 2.24. The molecule has 20 heavy (non-hydrogen) atoms. The predicted octanol–water partition coefficient (Wildman–Crippen LogP) is -0.530. The SMILES string of the molecule is CCN1C(=O)C(=O)N(C[NH+](C)Cc2ccccc2)C1=O. The molecule has 6 nitrogen and oxygen atoms in total. The Labute approximate surface area is 117 Å². The summed E-state index contributed by atoms with van der Waals surface area (Å²) in [6, 6.07) is 9.27. The highest BCUT2D eigenvalue weighted by Crippen LogP contribution is 2.09. The lowest BCUT2D eigenvalue weighted by molar-refractivity contribution is -0.901. The molecule has 0 aromatic heterocycles. The molecule has 0 aliphatic carbocycles. The van der Waals surface area contributed by atoms with Gasteiger partial charge in [0.15, 0.2) is 6.67 Å². The fourth-order valence-electron chi connectivity index (χ4n) is 2.24. The summed E-state index contributed by atoms with van der Waals surface area (Å²) in [6.07, 6.45) is 0. The number of urea groups is 1. The number of nitrogens with one attached hydrogen (secondary N) is 1. The van der Waals surface area contributed by atoms with E-state index in [0.29, 0.717) is 6.54 Å². The first-order valence-corrected chi connectivity index (χ1v) is 6.57. The van der Waals surface area contributed by atoms with Gasteiger partial charge in [-0.25, -0.2) is 9.69 Å². The number of likely N-dealkylation sites (N-methyl/N-ethyl adjacent to an activating group) is 1. The zero-order valence-electron chi connectivity index (χ0n) is 11.6. The van der Waals surface area contributed by atoms with Crippen molar-refractivity contribution in [1.82, 2.24) is 9.80 Å². The average molecular weight is 276 g/mol.